The monoisotopic (exact) mass is 420 g/mol. The molecule has 0 aliphatic carbocycles. The van der Waals surface area contributed by atoms with E-state index < -0.39 is 0 Å². The molecule has 0 spiro atoms. The topological polar surface area (TPSA) is 53.6 Å². The molecule has 1 aromatic rings. The summed E-state index contributed by atoms with van der Waals surface area (Å²) in [4.78, 5) is 6.88. The van der Waals surface area contributed by atoms with Crippen LogP contribution < -0.4 is 11.1 Å². The van der Waals surface area contributed by atoms with Gasteiger partial charge in [-0.2, -0.15) is 0 Å². The standard InChI is InChI=1S/C16H25FN4.HI/c1-2-21-11-3-4-15(21)12-20-16(18)19-10-9-13-5-7-14(17)8-6-13;/h5-8,15H,2-4,9-12H2,1H3,(H3,18,19,20);1H. The van der Waals surface area contributed by atoms with Crippen molar-refractivity contribution in [2.45, 2.75) is 32.2 Å². The van der Waals surface area contributed by atoms with Crippen LogP contribution in [0.2, 0.25) is 0 Å². The van der Waals surface area contributed by atoms with E-state index in [9.17, 15) is 4.39 Å². The lowest BCUT2D eigenvalue weighted by molar-refractivity contribution is 0.273. The van der Waals surface area contributed by atoms with Gasteiger partial charge in [0.2, 0.25) is 0 Å². The molecule has 1 unspecified atom stereocenters. The van der Waals surface area contributed by atoms with Crippen LogP contribution in [-0.4, -0.2) is 43.1 Å². The van der Waals surface area contributed by atoms with Gasteiger partial charge in [0.1, 0.15) is 5.82 Å². The third-order valence-electron chi connectivity index (χ3n) is 4.01. The van der Waals surface area contributed by atoms with E-state index in [1.165, 1.54) is 31.5 Å². The van der Waals surface area contributed by atoms with E-state index in [2.05, 4.69) is 22.1 Å². The SMILES string of the molecule is CCN1CCCC1CN=C(N)NCCc1ccc(F)cc1.I. The minimum Gasteiger partial charge on any atom is -0.370 e. The predicted octanol–water partition coefficient (Wildman–Crippen LogP) is 2.37. The first-order chi connectivity index (χ1) is 10.2. The van der Waals surface area contributed by atoms with Crippen molar-refractivity contribution in [3.05, 3.63) is 35.6 Å². The maximum Gasteiger partial charge on any atom is 0.188 e. The predicted molar refractivity (Wildman–Crippen MR) is 100 cm³/mol. The summed E-state index contributed by atoms with van der Waals surface area (Å²) in [7, 11) is 0. The van der Waals surface area contributed by atoms with Crippen LogP contribution in [-0.2, 0) is 6.42 Å². The van der Waals surface area contributed by atoms with Crippen LogP contribution in [0.25, 0.3) is 0 Å². The summed E-state index contributed by atoms with van der Waals surface area (Å²) in [5.41, 5.74) is 6.97. The largest absolute Gasteiger partial charge is 0.370 e. The maximum atomic E-state index is 12.8. The number of rotatable bonds is 6. The van der Waals surface area contributed by atoms with Gasteiger partial charge >= 0.3 is 0 Å². The lowest BCUT2D eigenvalue weighted by Crippen LogP contribution is -2.36. The summed E-state index contributed by atoms with van der Waals surface area (Å²) in [6.07, 6.45) is 3.27. The van der Waals surface area contributed by atoms with Crippen molar-refractivity contribution >= 4 is 29.9 Å². The van der Waals surface area contributed by atoms with E-state index in [1.807, 2.05) is 0 Å². The Balaban J connectivity index is 0.00000242. The van der Waals surface area contributed by atoms with Crippen LogP contribution in [0.3, 0.4) is 0 Å². The molecule has 4 nitrogen and oxygen atoms in total. The Hall–Kier alpha value is -0.890. The molecule has 0 amide bonds. The zero-order valence-corrected chi connectivity index (χ0v) is 15.4. The minimum atomic E-state index is -0.204. The zero-order chi connectivity index (χ0) is 15.1. The number of nitrogens with two attached hydrogens (primary N) is 1. The quantitative estimate of drug-likeness (QED) is 0.422. The highest BCUT2D eigenvalue weighted by atomic mass is 127. The molecule has 6 heteroatoms. The van der Waals surface area contributed by atoms with Crippen molar-refractivity contribution in [3.8, 4) is 0 Å². The molecule has 2 rings (SSSR count). The van der Waals surface area contributed by atoms with Gasteiger partial charge in [0.05, 0.1) is 6.54 Å². The Kier molecular flexibility index (Phi) is 8.70. The molecule has 0 aromatic heterocycles. The lowest BCUT2D eigenvalue weighted by atomic mass is 10.1. The highest BCUT2D eigenvalue weighted by Crippen LogP contribution is 2.16. The second-order valence-corrected chi connectivity index (χ2v) is 5.45. The second-order valence-electron chi connectivity index (χ2n) is 5.45. The van der Waals surface area contributed by atoms with Gasteiger partial charge in [-0.3, -0.25) is 9.89 Å². The molecular weight excluding hydrogens is 394 g/mol. The molecule has 124 valence electrons. The second kappa shape index (κ2) is 9.99. The fourth-order valence-corrected chi connectivity index (χ4v) is 2.76. The van der Waals surface area contributed by atoms with Gasteiger partial charge in [0.15, 0.2) is 5.96 Å². The summed E-state index contributed by atoms with van der Waals surface area (Å²) in [5, 5.41) is 3.12. The smallest absolute Gasteiger partial charge is 0.188 e. The van der Waals surface area contributed by atoms with Gasteiger partial charge in [-0.25, -0.2) is 4.39 Å². The summed E-state index contributed by atoms with van der Waals surface area (Å²) in [6, 6.07) is 7.08. The summed E-state index contributed by atoms with van der Waals surface area (Å²) >= 11 is 0. The third kappa shape index (κ3) is 6.08. The normalized spacial score (nSPS) is 19.0. The molecule has 1 aliphatic heterocycles. The molecule has 0 bridgehead atoms. The fourth-order valence-electron chi connectivity index (χ4n) is 2.76. The van der Waals surface area contributed by atoms with E-state index in [0.29, 0.717) is 18.5 Å². The van der Waals surface area contributed by atoms with Crippen LogP contribution in [0, 0.1) is 5.82 Å². The van der Waals surface area contributed by atoms with Crippen LogP contribution in [0.15, 0.2) is 29.3 Å². The van der Waals surface area contributed by atoms with Crippen LogP contribution >= 0.6 is 24.0 Å². The molecule has 0 radical (unpaired) electrons. The van der Waals surface area contributed by atoms with E-state index >= 15 is 0 Å². The average Bonchev–Trinajstić information content (AvgIpc) is 2.95. The summed E-state index contributed by atoms with van der Waals surface area (Å²) < 4.78 is 12.8. The molecule has 1 aromatic carbocycles. The van der Waals surface area contributed by atoms with Gasteiger partial charge in [-0.15, -0.1) is 24.0 Å². The van der Waals surface area contributed by atoms with Crippen LogP contribution in [0.1, 0.15) is 25.3 Å². The van der Waals surface area contributed by atoms with Crippen molar-refractivity contribution in [2.75, 3.05) is 26.2 Å². The van der Waals surface area contributed by atoms with Gasteiger partial charge in [-0.05, 0) is 50.0 Å². The number of likely N-dealkylation sites (N-methyl/N-ethyl adjacent to an activating group) is 1. The zero-order valence-electron chi connectivity index (χ0n) is 13.1. The highest BCUT2D eigenvalue weighted by Gasteiger charge is 2.22. The first-order valence-corrected chi connectivity index (χ1v) is 7.71. The third-order valence-corrected chi connectivity index (χ3v) is 4.01. The highest BCUT2D eigenvalue weighted by molar-refractivity contribution is 14.0. The number of guanidine groups is 1. The van der Waals surface area contributed by atoms with Crippen LogP contribution in [0.4, 0.5) is 4.39 Å². The average molecular weight is 420 g/mol. The van der Waals surface area contributed by atoms with Gasteiger partial charge in [0, 0.05) is 12.6 Å². The number of hydrogen-bond donors (Lipinski definition) is 2. The Labute approximate surface area is 149 Å². The van der Waals surface area contributed by atoms with Crippen LogP contribution in [0.5, 0.6) is 0 Å². The number of likely N-dealkylation sites (tertiary alicyclic amines) is 1. The van der Waals surface area contributed by atoms with Gasteiger partial charge in [-0.1, -0.05) is 19.1 Å². The Bertz CT molecular complexity index is 464. The molecule has 1 atom stereocenters. The fraction of sp³-hybridized carbons (Fsp3) is 0.562. The molecule has 3 N–H and O–H groups in total. The number of nitrogens with zero attached hydrogens (tertiary/aromatic N) is 2. The molecule has 0 saturated carbocycles. The number of halogens is 2. The van der Waals surface area contributed by atoms with Gasteiger partial charge in [0.25, 0.3) is 0 Å². The summed E-state index contributed by atoms with van der Waals surface area (Å²) in [5.74, 6) is 0.296. The maximum absolute atomic E-state index is 12.8. The molecule has 22 heavy (non-hydrogen) atoms. The summed E-state index contributed by atoms with van der Waals surface area (Å²) in [6.45, 7) is 5.92. The molecule has 1 fully saturated rings. The van der Waals surface area contributed by atoms with Gasteiger partial charge < -0.3 is 11.1 Å². The van der Waals surface area contributed by atoms with Crippen molar-refractivity contribution in [3.63, 3.8) is 0 Å². The number of hydrogen-bond acceptors (Lipinski definition) is 2. The molecule has 1 heterocycles. The minimum absolute atomic E-state index is 0. The molecule has 1 saturated heterocycles. The molecule has 1 aliphatic rings. The van der Waals surface area contributed by atoms with E-state index in [1.54, 1.807) is 12.1 Å². The molecular formula is C16H26FIN4. The number of aliphatic imine (C=N–C) groups is 1. The Morgan fingerprint density at radius 2 is 2.14 bits per heavy atom. The Morgan fingerprint density at radius 3 is 2.82 bits per heavy atom. The van der Waals surface area contributed by atoms with E-state index in [0.717, 1.165) is 25.1 Å². The first kappa shape index (κ1) is 19.2. The van der Waals surface area contributed by atoms with Crippen molar-refractivity contribution in [1.82, 2.24) is 10.2 Å². The Morgan fingerprint density at radius 1 is 1.41 bits per heavy atom. The first-order valence-electron chi connectivity index (χ1n) is 7.71. The van der Waals surface area contributed by atoms with E-state index in [-0.39, 0.29) is 29.8 Å². The van der Waals surface area contributed by atoms with E-state index in [4.69, 9.17) is 5.73 Å². The number of benzene rings is 1. The van der Waals surface area contributed by atoms with Crippen molar-refractivity contribution < 1.29 is 4.39 Å². The van der Waals surface area contributed by atoms with Crippen molar-refractivity contribution in [2.24, 2.45) is 10.7 Å². The number of nitrogens with one attached hydrogen (secondary N) is 1. The van der Waals surface area contributed by atoms with Crippen molar-refractivity contribution in [1.29, 1.82) is 0 Å². The lowest BCUT2D eigenvalue weighted by Gasteiger charge is -2.20.